The van der Waals surface area contributed by atoms with Gasteiger partial charge in [0.15, 0.2) is 0 Å². The van der Waals surface area contributed by atoms with E-state index in [4.69, 9.17) is 0 Å². The second-order valence-corrected chi connectivity index (χ2v) is 2.06. The van der Waals surface area contributed by atoms with Crippen molar-refractivity contribution in [2.75, 3.05) is 0 Å². The summed E-state index contributed by atoms with van der Waals surface area (Å²) < 4.78 is 0. The summed E-state index contributed by atoms with van der Waals surface area (Å²) in [6.07, 6.45) is 1.95. The van der Waals surface area contributed by atoms with E-state index in [1.54, 1.807) is 0 Å². The molecule has 0 saturated heterocycles. The molecule has 0 aliphatic carbocycles. The van der Waals surface area contributed by atoms with E-state index in [1.165, 1.54) is 10.9 Å². The summed E-state index contributed by atoms with van der Waals surface area (Å²) in [5.74, 6) is 0. The van der Waals surface area contributed by atoms with Gasteiger partial charge in [-0.05, 0) is 17.5 Å². The molecule has 3 heteroatoms. The summed E-state index contributed by atoms with van der Waals surface area (Å²) >= 11 is 0. The minimum atomic E-state index is 0. The van der Waals surface area contributed by atoms with Gasteiger partial charge < -0.3 is 4.98 Å². The van der Waals surface area contributed by atoms with E-state index in [1.807, 2.05) is 18.3 Å². The van der Waals surface area contributed by atoms with Gasteiger partial charge in [-0.3, -0.25) is 0 Å². The predicted molar refractivity (Wildman–Crippen MR) is 51.3 cm³/mol. The van der Waals surface area contributed by atoms with Gasteiger partial charge in [0.05, 0.1) is 0 Å². The first kappa shape index (κ1) is 10.8. The molecule has 11 heavy (non-hydrogen) atoms. The average Bonchev–Trinajstić information content (AvgIpc) is 2.33. The number of rotatable bonds is 0. The molecule has 1 aromatic carbocycles. The summed E-state index contributed by atoms with van der Waals surface area (Å²) in [6, 6.07) is 10.3. The van der Waals surface area contributed by atoms with Gasteiger partial charge in [0, 0.05) is 35.6 Å². The third kappa shape index (κ3) is 2.14. The summed E-state index contributed by atoms with van der Waals surface area (Å²) in [6.45, 7) is 0. The van der Waals surface area contributed by atoms with Crippen molar-refractivity contribution in [3.63, 3.8) is 0 Å². The van der Waals surface area contributed by atoms with Gasteiger partial charge in [0.2, 0.25) is 0 Å². The summed E-state index contributed by atoms with van der Waals surface area (Å²) in [5.41, 5.74) is 1.21. The van der Waals surface area contributed by atoms with Crippen LogP contribution in [0.4, 0.5) is 0 Å². The van der Waals surface area contributed by atoms with Crippen LogP contribution in [0.15, 0.2) is 36.5 Å². The van der Waals surface area contributed by atoms with Crippen LogP contribution in [0.1, 0.15) is 0 Å². The number of H-pyrrole nitrogens is 1. The maximum atomic E-state index is 3.12. The second kappa shape index (κ2) is 4.67. The first-order chi connectivity index (χ1) is 4.47. The number of para-hydroxylation sites is 1. The van der Waals surface area contributed by atoms with Gasteiger partial charge >= 0.3 is 0 Å². The zero-order valence-electron chi connectivity index (χ0n) is 5.87. The fraction of sp³-hybridized carbons (Fsp3) is 0. The molecule has 0 atom stereocenters. The summed E-state index contributed by atoms with van der Waals surface area (Å²) in [7, 11) is 0. The molecule has 2 rings (SSSR count). The van der Waals surface area contributed by atoms with Crippen molar-refractivity contribution in [3.8, 4) is 0 Å². The molecular formula is C8H8ClNSn. The number of aromatic amines is 1. The van der Waals surface area contributed by atoms with Crippen LogP contribution in [-0.2, 0) is 0 Å². The van der Waals surface area contributed by atoms with E-state index < -0.39 is 0 Å². The van der Waals surface area contributed by atoms with E-state index in [9.17, 15) is 0 Å². The Morgan fingerprint density at radius 3 is 2.45 bits per heavy atom. The van der Waals surface area contributed by atoms with Crippen LogP contribution in [0.3, 0.4) is 0 Å². The van der Waals surface area contributed by atoms with Gasteiger partial charge in [0.25, 0.3) is 0 Å². The number of hydrogen-bond donors (Lipinski definition) is 1. The molecule has 4 radical (unpaired) electrons. The SMILES string of the molecule is Cl.[Sn].c1ccc2[nH]ccc2c1. The Morgan fingerprint density at radius 1 is 1.00 bits per heavy atom. The average molecular weight is 272 g/mol. The minimum Gasteiger partial charge on any atom is -0.361 e. The van der Waals surface area contributed by atoms with Crippen molar-refractivity contribution in [3.05, 3.63) is 36.5 Å². The van der Waals surface area contributed by atoms with E-state index in [0.717, 1.165) is 0 Å². The zero-order valence-corrected chi connectivity index (χ0v) is 9.54. The Hall–Kier alpha value is -0.151. The molecule has 1 heterocycles. The number of aromatic nitrogens is 1. The van der Waals surface area contributed by atoms with Crippen molar-refractivity contribution < 1.29 is 0 Å². The number of fused-ring (bicyclic) bond motifs is 1. The first-order valence-electron chi connectivity index (χ1n) is 2.99. The van der Waals surface area contributed by atoms with Crippen LogP contribution in [0.25, 0.3) is 10.9 Å². The van der Waals surface area contributed by atoms with Crippen molar-refractivity contribution in [1.82, 2.24) is 4.98 Å². The van der Waals surface area contributed by atoms with Crippen LogP contribution < -0.4 is 0 Å². The molecule has 0 saturated carbocycles. The molecule has 2 aromatic rings. The number of nitrogens with one attached hydrogen (secondary N) is 1. The van der Waals surface area contributed by atoms with Crippen molar-refractivity contribution in [1.29, 1.82) is 0 Å². The predicted octanol–water partition coefficient (Wildman–Crippen LogP) is 2.21. The van der Waals surface area contributed by atoms with Crippen LogP contribution in [0.2, 0.25) is 0 Å². The third-order valence-corrected chi connectivity index (χ3v) is 1.46. The van der Waals surface area contributed by atoms with Crippen molar-refractivity contribution in [2.24, 2.45) is 0 Å². The topological polar surface area (TPSA) is 15.8 Å². The van der Waals surface area contributed by atoms with Crippen LogP contribution in [0.5, 0.6) is 0 Å². The monoisotopic (exact) mass is 273 g/mol. The minimum absolute atomic E-state index is 0. The standard InChI is InChI=1S/C8H7N.ClH.Sn/c1-2-4-8-7(3-1)5-6-9-8;;/h1-6,9H;1H;. The Bertz CT molecular complexity index is 288. The summed E-state index contributed by atoms with van der Waals surface area (Å²) in [5, 5.41) is 1.28. The quantitative estimate of drug-likeness (QED) is 0.708. The van der Waals surface area contributed by atoms with E-state index in [0.29, 0.717) is 0 Å². The van der Waals surface area contributed by atoms with Crippen molar-refractivity contribution >= 4 is 47.2 Å². The molecule has 0 unspecified atom stereocenters. The van der Waals surface area contributed by atoms with Gasteiger partial charge in [-0.2, -0.15) is 0 Å². The zero-order chi connectivity index (χ0) is 6.10. The fourth-order valence-corrected chi connectivity index (χ4v) is 0.995. The molecule has 0 bridgehead atoms. The number of benzene rings is 1. The normalized spacial score (nSPS) is 8.36. The second-order valence-electron chi connectivity index (χ2n) is 2.06. The third-order valence-electron chi connectivity index (χ3n) is 1.46. The molecule has 0 aliphatic heterocycles. The molecule has 1 aromatic heterocycles. The molecular weight excluding hydrogens is 264 g/mol. The van der Waals surface area contributed by atoms with Gasteiger partial charge in [-0.1, -0.05) is 18.2 Å². The van der Waals surface area contributed by atoms with Crippen LogP contribution >= 0.6 is 12.4 Å². The van der Waals surface area contributed by atoms with Gasteiger partial charge in [-0.15, -0.1) is 12.4 Å². The Morgan fingerprint density at radius 2 is 1.73 bits per heavy atom. The number of halogens is 1. The van der Waals surface area contributed by atoms with Crippen LogP contribution in [0, 0.1) is 0 Å². The number of hydrogen-bond acceptors (Lipinski definition) is 0. The molecule has 0 spiro atoms. The van der Waals surface area contributed by atoms with E-state index in [2.05, 4.69) is 23.2 Å². The molecule has 1 nitrogen and oxygen atoms in total. The van der Waals surface area contributed by atoms with Gasteiger partial charge in [-0.25, -0.2) is 0 Å². The van der Waals surface area contributed by atoms with E-state index in [-0.39, 0.29) is 36.3 Å². The Balaban J connectivity index is 0.000000500. The molecule has 1 N–H and O–H groups in total. The molecule has 0 fully saturated rings. The van der Waals surface area contributed by atoms with E-state index >= 15 is 0 Å². The first-order valence-corrected chi connectivity index (χ1v) is 2.99. The smallest absolute Gasteiger partial charge is 0.0453 e. The Labute approximate surface area is 88.6 Å². The molecule has 56 valence electrons. The summed E-state index contributed by atoms with van der Waals surface area (Å²) in [4.78, 5) is 3.12. The van der Waals surface area contributed by atoms with Crippen molar-refractivity contribution in [2.45, 2.75) is 0 Å². The molecule has 0 amide bonds. The van der Waals surface area contributed by atoms with Crippen LogP contribution in [-0.4, -0.2) is 28.9 Å². The molecule has 0 aliphatic rings. The van der Waals surface area contributed by atoms with Gasteiger partial charge in [0.1, 0.15) is 0 Å². The largest absolute Gasteiger partial charge is 0.361 e. The Kier molecular flexibility index (Phi) is 4.61. The maximum Gasteiger partial charge on any atom is 0.0453 e. The maximum absolute atomic E-state index is 3.12. The fourth-order valence-electron chi connectivity index (χ4n) is 0.995.